The van der Waals surface area contributed by atoms with Crippen molar-refractivity contribution in [2.45, 2.75) is 25.8 Å². The fraction of sp³-hybridized carbons (Fsp3) is 0.429. The number of nitrogens with one attached hydrogen (secondary N) is 1. The van der Waals surface area contributed by atoms with Crippen LogP contribution in [0.2, 0.25) is 0 Å². The normalized spacial score (nSPS) is 19.6. The number of carboxylic acid groups (broad SMARTS) is 1. The van der Waals surface area contributed by atoms with Crippen LogP contribution < -0.4 is 10.1 Å². The molecule has 6 heteroatoms. The highest BCUT2D eigenvalue weighted by atomic mass is 79.9. The largest absolute Gasteiger partial charge is 0.492 e. The SMILES string of the molecule is CC(NC(=O)C1COc2ccc(Br)cc21)C(C)C(=O)O. The van der Waals surface area contributed by atoms with E-state index in [4.69, 9.17) is 9.84 Å². The van der Waals surface area contributed by atoms with Crippen molar-refractivity contribution < 1.29 is 19.4 Å². The molecule has 0 aromatic heterocycles. The number of fused-ring (bicyclic) bond motifs is 1. The number of carbonyl (C=O) groups excluding carboxylic acids is 1. The van der Waals surface area contributed by atoms with Crippen molar-refractivity contribution in [3.63, 3.8) is 0 Å². The molecule has 20 heavy (non-hydrogen) atoms. The number of aliphatic carboxylic acids is 1. The number of benzene rings is 1. The van der Waals surface area contributed by atoms with Gasteiger partial charge in [0.05, 0.1) is 5.92 Å². The summed E-state index contributed by atoms with van der Waals surface area (Å²) in [6, 6.07) is 5.10. The molecule has 1 heterocycles. The van der Waals surface area contributed by atoms with Crippen LogP contribution >= 0.6 is 15.9 Å². The summed E-state index contributed by atoms with van der Waals surface area (Å²) < 4.78 is 6.36. The molecule has 0 aliphatic carbocycles. The number of carbonyl (C=O) groups is 2. The van der Waals surface area contributed by atoms with E-state index in [9.17, 15) is 9.59 Å². The van der Waals surface area contributed by atoms with Gasteiger partial charge in [0.25, 0.3) is 0 Å². The molecule has 0 fully saturated rings. The molecule has 108 valence electrons. The van der Waals surface area contributed by atoms with Crippen molar-refractivity contribution in [3.8, 4) is 5.75 Å². The minimum atomic E-state index is -0.927. The molecule has 0 radical (unpaired) electrons. The second kappa shape index (κ2) is 5.83. The lowest BCUT2D eigenvalue weighted by Gasteiger charge is -2.19. The number of hydrogen-bond donors (Lipinski definition) is 2. The third kappa shape index (κ3) is 2.95. The van der Waals surface area contributed by atoms with Gasteiger partial charge in [-0.3, -0.25) is 9.59 Å². The number of halogens is 1. The molecule has 1 aromatic carbocycles. The van der Waals surface area contributed by atoms with Crippen LogP contribution in [0.5, 0.6) is 5.75 Å². The van der Waals surface area contributed by atoms with E-state index in [1.807, 2.05) is 18.2 Å². The molecular formula is C14H16BrNO4. The Labute approximate surface area is 125 Å². The van der Waals surface area contributed by atoms with Crippen LogP contribution in [0, 0.1) is 5.92 Å². The maximum absolute atomic E-state index is 12.3. The Morgan fingerprint density at radius 3 is 2.80 bits per heavy atom. The Bertz CT molecular complexity index is 546. The van der Waals surface area contributed by atoms with Gasteiger partial charge in [0.15, 0.2) is 0 Å². The summed E-state index contributed by atoms with van der Waals surface area (Å²) in [7, 11) is 0. The molecule has 0 spiro atoms. The monoisotopic (exact) mass is 341 g/mol. The fourth-order valence-electron chi connectivity index (χ4n) is 2.07. The molecule has 0 bridgehead atoms. The van der Waals surface area contributed by atoms with Gasteiger partial charge in [0, 0.05) is 16.1 Å². The van der Waals surface area contributed by atoms with Crippen LogP contribution in [-0.4, -0.2) is 29.6 Å². The van der Waals surface area contributed by atoms with E-state index < -0.39 is 23.8 Å². The average Bonchev–Trinajstić information content (AvgIpc) is 2.80. The third-order valence-electron chi connectivity index (χ3n) is 3.58. The highest BCUT2D eigenvalue weighted by Crippen LogP contribution is 2.36. The van der Waals surface area contributed by atoms with Crippen molar-refractivity contribution in [3.05, 3.63) is 28.2 Å². The van der Waals surface area contributed by atoms with Crippen LogP contribution in [0.15, 0.2) is 22.7 Å². The number of carboxylic acids is 1. The summed E-state index contributed by atoms with van der Waals surface area (Å²) >= 11 is 3.37. The van der Waals surface area contributed by atoms with E-state index in [1.54, 1.807) is 13.8 Å². The van der Waals surface area contributed by atoms with Gasteiger partial charge in [-0.2, -0.15) is 0 Å². The van der Waals surface area contributed by atoms with Gasteiger partial charge in [0.1, 0.15) is 18.3 Å². The zero-order chi connectivity index (χ0) is 14.9. The molecule has 0 saturated heterocycles. The second-order valence-electron chi connectivity index (χ2n) is 4.97. The molecule has 3 unspecified atom stereocenters. The molecule has 5 nitrogen and oxygen atoms in total. The van der Waals surface area contributed by atoms with Gasteiger partial charge in [0.2, 0.25) is 5.91 Å². The predicted octanol–water partition coefficient (Wildman–Crippen LogP) is 2.15. The summed E-state index contributed by atoms with van der Waals surface area (Å²) in [4.78, 5) is 23.2. The van der Waals surface area contributed by atoms with E-state index in [1.165, 1.54) is 0 Å². The van der Waals surface area contributed by atoms with Crippen LogP contribution in [-0.2, 0) is 9.59 Å². The van der Waals surface area contributed by atoms with E-state index in [0.29, 0.717) is 5.75 Å². The smallest absolute Gasteiger partial charge is 0.308 e. The Morgan fingerprint density at radius 2 is 2.15 bits per heavy atom. The first-order chi connectivity index (χ1) is 9.40. The Balaban J connectivity index is 2.09. The number of amides is 1. The quantitative estimate of drug-likeness (QED) is 0.879. The summed E-state index contributed by atoms with van der Waals surface area (Å²) in [5, 5.41) is 11.7. The number of rotatable bonds is 4. The number of hydrogen-bond acceptors (Lipinski definition) is 3. The molecule has 1 aliphatic rings. The van der Waals surface area contributed by atoms with Crippen molar-refractivity contribution in [2.75, 3.05) is 6.61 Å². The van der Waals surface area contributed by atoms with E-state index in [-0.39, 0.29) is 12.5 Å². The number of ether oxygens (including phenoxy) is 1. The van der Waals surface area contributed by atoms with Crippen LogP contribution in [0.4, 0.5) is 0 Å². The molecule has 2 N–H and O–H groups in total. The van der Waals surface area contributed by atoms with Gasteiger partial charge < -0.3 is 15.2 Å². The predicted molar refractivity (Wildman–Crippen MR) is 76.8 cm³/mol. The van der Waals surface area contributed by atoms with Crippen LogP contribution in [0.3, 0.4) is 0 Å². The third-order valence-corrected chi connectivity index (χ3v) is 4.07. The highest BCUT2D eigenvalue weighted by Gasteiger charge is 2.32. The van der Waals surface area contributed by atoms with E-state index in [2.05, 4.69) is 21.2 Å². The maximum atomic E-state index is 12.3. The van der Waals surface area contributed by atoms with Crippen LogP contribution in [0.25, 0.3) is 0 Å². The van der Waals surface area contributed by atoms with Crippen molar-refractivity contribution >= 4 is 27.8 Å². The second-order valence-corrected chi connectivity index (χ2v) is 5.89. The minimum Gasteiger partial charge on any atom is -0.492 e. The zero-order valence-corrected chi connectivity index (χ0v) is 12.8. The van der Waals surface area contributed by atoms with Crippen LogP contribution in [0.1, 0.15) is 25.3 Å². The maximum Gasteiger partial charge on any atom is 0.308 e. The van der Waals surface area contributed by atoms with Gasteiger partial charge in [-0.25, -0.2) is 0 Å². The molecule has 0 saturated carbocycles. The lowest BCUT2D eigenvalue weighted by atomic mass is 9.98. The molecule has 3 atom stereocenters. The average molecular weight is 342 g/mol. The first kappa shape index (κ1) is 14.8. The Kier molecular flexibility index (Phi) is 4.32. The van der Waals surface area contributed by atoms with Gasteiger partial charge in [-0.1, -0.05) is 15.9 Å². The van der Waals surface area contributed by atoms with Gasteiger partial charge >= 0.3 is 5.97 Å². The Morgan fingerprint density at radius 1 is 1.45 bits per heavy atom. The van der Waals surface area contributed by atoms with Crippen molar-refractivity contribution in [1.82, 2.24) is 5.32 Å². The molecule has 2 rings (SSSR count). The molecule has 1 amide bonds. The molecular weight excluding hydrogens is 326 g/mol. The van der Waals surface area contributed by atoms with Crippen molar-refractivity contribution in [2.24, 2.45) is 5.92 Å². The Hall–Kier alpha value is -1.56. The summed E-state index contributed by atoms with van der Waals surface area (Å²) in [5.41, 5.74) is 0.826. The zero-order valence-electron chi connectivity index (χ0n) is 11.2. The fourth-order valence-corrected chi connectivity index (χ4v) is 2.45. The van der Waals surface area contributed by atoms with E-state index in [0.717, 1.165) is 10.0 Å². The van der Waals surface area contributed by atoms with E-state index >= 15 is 0 Å². The first-order valence-electron chi connectivity index (χ1n) is 6.35. The summed E-state index contributed by atoms with van der Waals surface area (Å²) in [6.07, 6.45) is 0. The highest BCUT2D eigenvalue weighted by molar-refractivity contribution is 9.10. The van der Waals surface area contributed by atoms with Crippen molar-refractivity contribution in [1.29, 1.82) is 0 Å². The topological polar surface area (TPSA) is 75.6 Å². The lowest BCUT2D eigenvalue weighted by molar-refractivity contribution is -0.142. The minimum absolute atomic E-state index is 0.206. The summed E-state index contributed by atoms with van der Waals surface area (Å²) in [5.74, 6) is -1.47. The molecule has 1 aliphatic heterocycles. The lowest BCUT2D eigenvalue weighted by Crippen LogP contribution is -2.42. The summed E-state index contributed by atoms with van der Waals surface area (Å²) in [6.45, 7) is 3.54. The van der Waals surface area contributed by atoms with Gasteiger partial charge in [-0.15, -0.1) is 0 Å². The van der Waals surface area contributed by atoms with Gasteiger partial charge in [-0.05, 0) is 32.0 Å². The molecule has 1 aromatic rings. The first-order valence-corrected chi connectivity index (χ1v) is 7.15. The standard InChI is InChI=1S/C14H16BrNO4/c1-7(14(18)19)8(2)16-13(17)11-6-20-12-4-3-9(15)5-10(11)12/h3-5,7-8,11H,6H2,1-2H3,(H,16,17)(H,18,19).